The highest BCUT2D eigenvalue weighted by Crippen LogP contribution is 2.33. The van der Waals surface area contributed by atoms with Gasteiger partial charge in [0.25, 0.3) is 0 Å². The van der Waals surface area contributed by atoms with E-state index in [0.717, 1.165) is 5.39 Å². The Kier molecular flexibility index (Phi) is 7.30. The Morgan fingerprint density at radius 1 is 1.03 bits per heavy atom. The normalized spacial score (nSPS) is 28.1. The van der Waals surface area contributed by atoms with Crippen LogP contribution in [0.4, 0.5) is 0 Å². The number of nitrogens with two attached hydrogens (primary N) is 1. The van der Waals surface area contributed by atoms with E-state index in [0.29, 0.717) is 56.9 Å². The van der Waals surface area contributed by atoms with E-state index in [1.54, 1.807) is 23.1 Å². The van der Waals surface area contributed by atoms with Gasteiger partial charge in [-0.3, -0.25) is 15.0 Å². The Morgan fingerprint density at radius 3 is 2.58 bits per heavy atom. The molecule has 3 saturated heterocycles. The maximum Gasteiger partial charge on any atom is 0.243 e. The van der Waals surface area contributed by atoms with E-state index in [9.17, 15) is 23.1 Å². The van der Waals surface area contributed by atoms with Crippen molar-refractivity contribution in [2.24, 2.45) is 5.73 Å². The van der Waals surface area contributed by atoms with Crippen molar-refractivity contribution in [3.63, 3.8) is 0 Å². The molecule has 2 aromatic carbocycles. The van der Waals surface area contributed by atoms with Crippen LogP contribution in [0.25, 0.3) is 10.8 Å². The molecule has 2 aromatic rings. The van der Waals surface area contributed by atoms with Gasteiger partial charge in [-0.05, 0) is 56.4 Å². The first-order valence-corrected chi connectivity index (χ1v) is 14.6. The van der Waals surface area contributed by atoms with Crippen molar-refractivity contribution in [3.05, 3.63) is 42.5 Å². The van der Waals surface area contributed by atoms with Crippen LogP contribution in [0.3, 0.4) is 0 Å². The number of sulfonamides is 1. The summed E-state index contributed by atoms with van der Waals surface area (Å²) in [5, 5.41) is 22.5. The molecule has 0 spiro atoms. The van der Waals surface area contributed by atoms with E-state index < -0.39 is 40.3 Å². The summed E-state index contributed by atoms with van der Waals surface area (Å²) in [6.45, 7) is 0.428. The number of hydrogen-bond donors (Lipinski definition) is 5. The van der Waals surface area contributed by atoms with Crippen molar-refractivity contribution in [1.82, 2.24) is 19.8 Å². The van der Waals surface area contributed by atoms with Crippen molar-refractivity contribution in [3.8, 4) is 0 Å². The quantitative estimate of drug-likeness (QED) is 0.275. The van der Waals surface area contributed by atoms with Crippen LogP contribution in [0.15, 0.2) is 47.4 Å². The van der Waals surface area contributed by atoms with Crippen LogP contribution in [0.5, 0.6) is 0 Å². The molecular formula is C26H34N6O5S. The van der Waals surface area contributed by atoms with Gasteiger partial charge in [0, 0.05) is 18.0 Å². The number of aliphatic hydroxyl groups is 1. The number of nitrogens with one attached hydrogen (secondary N) is 3. The Labute approximate surface area is 221 Å². The molecule has 5 rings (SSSR count). The van der Waals surface area contributed by atoms with E-state index in [1.165, 1.54) is 11.0 Å². The lowest BCUT2D eigenvalue weighted by atomic mass is 10.0. The number of aliphatic hydroxyl groups excluding tert-OH is 1. The first-order valence-electron chi connectivity index (χ1n) is 13.1. The summed E-state index contributed by atoms with van der Waals surface area (Å²) in [6.07, 6.45) is 2.85. The lowest BCUT2D eigenvalue weighted by Gasteiger charge is -2.39. The molecular weight excluding hydrogens is 508 g/mol. The minimum absolute atomic E-state index is 0.112. The van der Waals surface area contributed by atoms with Crippen LogP contribution >= 0.6 is 0 Å². The number of carbonyl (C=O) groups excluding carboxylic acids is 2. The number of likely N-dealkylation sites (tertiary alicyclic amines) is 1. The molecule has 0 saturated carbocycles. The Bertz CT molecular complexity index is 1350. The van der Waals surface area contributed by atoms with Crippen LogP contribution < -0.4 is 15.8 Å². The van der Waals surface area contributed by atoms with Crippen molar-refractivity contribution in [2.75, 3.05) is 6.54 Å². The second kappa shape index (κ2) is 10.5. The van der Waals surface area contributed by atoms with E-state index >= 15 is 0 Å². The van der Waals surface area contributed by atoms with Gasteiger partial charge in [0.2, 0.25) is 21.8 Å². The van der Waals surface area contributed by atoms with E-state index in [-0.39, 0.29) is 22.8 Å². The van der Waals surface area contributed by atoms with E-state index in [4.69, 9.17) is 11.1 Å². The molecule has 2 amide bonds. The molecule has 0 radical (unpaired) electrons. The van der Waals surface area contributed by atoms with Crippen LogP contribution in [-0.4, -0.2) is 78.0 Å². The van der Waals surface area contributed by atoms with Crippen molar-refractivity contribution in [1.29, 1.82) is 5.41 Å². The van der Waals surface area contributed by atoms with E-state index in [2.05, 4.69) is 10.0 Å². The molecule has 38 heavy (non-hydrogen) atoms. The smallest absolute Gasteiger partial charge is 0.243 e. The molecule has 0 aliphatic carbocycles. The fourth-order valence-electron chi connectivity index (χ4n) is 6.08. The van der Waals surface area contributed by atoms with Gasteiger partial charge in [0.15, 0.2) is 5.96 Å². The average molecular weight is 543 g/mol. The highest BCUT2D eigenvalue weighted by molar-refractivity contribution is 7.89. The molecule has 6 N–H and O–H groups in total. The summed E-state index contributed by atoms with van der Waals surface area (Å²) in [5.74, 6) is -1.04. The maximum absolute atomic E-state index is 13.7. The number of benzene rings is 2. The standard InChI is InChI=1S/C26H34N6O5S/c27-26(28)31-15-5-11-19(24(31)34)29-23(33)21-14-13-17-8-4-10-20(25(35)32(17)21)30-38(36,37)22-12-3-7-16-6-1-2-9-18(16)22/h1-3,6-7,9,12,17,19-21,24,30,34H,4-5,8,10-11,13-15H2,(H3,27,28)(H,29,33)/t17-,19-,20-,21-,24?/m0/s1. The molecule has 3 heterocycles. The number of fused-ring (bicyclic) bond motifs is 2. The largest absolute Gasteiger partial charge is 0.371 e. The van der Waals surface area contributed by atoms with Gasteiger partial charge in [0.1, 0.15) is 18.3 Å². The average Bonchev–Trinajstić information content (AvgIpc) is 3.26. The summed E-state index contributed by atoms with van der Waals surface area (Å²) in [6, 6.07) is 9.72. The highest BCUT2D eigenvalue weighted by atomic mass is 32.2. The van der Waals surface area contributed by atoms with Crippen LogP contribution in [0.1, 0.15) is 44.9 Å². The zero-order valence-corrected chi connectivity index (χ0v) is 21.9. The Morgan fingerprint density at radius 2 is 1.79 bits per heavy atom. The fraction of sp³-hybridized carbons (Fsp3) is 0.500. The molecule has 3 aliphatic rings. The first kappa shape index (κ1) is 26.4. The molecule has 3 aliphatic heterocycles. The molecule has 12 heteroatoms. The Hall–Kier alpha value is -3.22. The number of amides is 2. The number of nitrogens with zero attached hydrogens (tertiary/aromatic N) is 2. The fourth-order valence-corrected chi connectivity index (χ4v) is 7.53. The van der Waals surface area contributed by atoms with Crippen LogP contribution in [0, 0.1) is 5.41 Å². The third-order valence-electron chi connectivity index (χ3n) is 7.95. The van der Waals surface area contributed by atoms with Gasteiger partial charge < -0.3 is 26.0 Å². The molecule has 204 valence electrons. The first-order chi connectivity index (χ1) is 18.2. The number of guanidine groups is 1. The molecule has 0 aromatic heterocycles. The summed E-state index contributed by atoms with van der Waals surface area (Å²) < 4.78 is 29.5. The second-order valence-electron chi connectivity index (χ2n) is 10.3. The number of carbonyl (C=O) groups is 2. The van der Waals surface area contributed by atoms with E-state index in [1.807, 2.05) is 18.2 Å². The third-order valence-corrected chi connectivity index (χ3v) is 9.48. The minimum atomic E-state index is -4.01. The molecule has 5 atom stereocenters. The van der Waals surface area contributed by atoms with Crippen molar-refractivity contribution in [2.45, 2.75) is 80.2 Å². The summed E-state index contributed by atoms with van der Waals surface area (Å²) in [4.78, 5) is 30.1. The van der Waals surface area contributed by atoms with Crippen LogP contribution in [-0.2, 0) is 19.6 Å². The SMILES string of the molecule is N=C(N)N1CCC[C@H](NC(=O)[C@@H]2CC[C@@H]3CCC[C@H](NS(=O)(=O)c4cccc5ccccc45)C(=O)N32)C1O. The van der Waals surface area contributed by atoms with Gasteiger partial charge in [-0.1, -0.05) is 36.4 Å². The van der Waals surface area contributed by atoms with Gasteiger partial charge in [-0.15, -0.1) is 0 Å². The van der Waals surface area contributed by atoms with Crippen molar-refractivity contribution >= 4 is 38.6 Å². The van der Waals surface area contributed by atoms with Gasteiger partial charge in [-0.25, -0.2) is 8.42 Å². The lowest BCUT2D eigenvalue weighted by molar-refractivity contribution is -0.142. The summed E-state index contributed by atoms with van der Waals surface area (Å²) >= 11 is 0. The number of rotatable bonds is 5. The predicted octanol–water partition coefficient (Wildman–Crippen LogP) is 0.823. The topological polar surface area (TPSA) is 169 Å². The van der Waals surface area contributed by atoms with Gasteiger partial charge in [0.05, 0.1) is 10.9 Å². The number of piperidine rings is 1. The summed E-state index contributed by atoms with van der Waals surface area (Å²) in [5.41, 5.74) is 5.56. The van der Waals surface area contributed by atoms with Gasteiger partial charge in [-0.2, -0.15) is 4.72 Å². The monoisotopic (exact) mass is 542 g/mol. The number of hydrogen-bond acceptors (Lipinski definition) is 6. The second-order valence-corrected chi connectivity index (χ2v) is 12.0. The molecule has 3 fully saturated rings. The van der Waals surface area contributed by atoms with Gasteiger partial charge >= 0.3 is 0 Å². The zero-order chi connectivity index (χ0) is 27.0. The maximum atomic E-state index is 13.7. The third kappa shape index (κ3) is 4.95. The van der Waals surface area contributed by atoms with Crippen LogP contribution in [0.2, 0.25) is 0 Å². The predicted molar refractivity (Wildman–Crippen MR) is 141 cm³/mol. The molecule has 0 bridgehead atoms. The molecule has 11 nitrogen and oxygen atoms in total. The molecule has 1 unspecified atom stereocenters. The van der Waals surface area contributed by atoms with Crippen molar-refractivity contribution < 1.29 is 23.1 Å². The summed E-state index contributed by atoms with van der Waals surface area (Å²) in [7, 11) is -4.01. The zero-order valence-electron chi connectivity index (χ0n) is 21.0. The minimum Gasteiger partial charge on any atom is -0.371 e. The Balaban J connectivity index is 1.34. The lowest BCUT2D eigenvalue weighted by Crippen LogP contribution is -2.61. The highest BCUT2D eigenvalue weighted by Gasteiger charge is 2.46.